The number of benzene rings is 2. The maximum atomic E-state index is 12.3. The molecule has 0 fully saturated rings. The number of amides is 1. The van der Waals surface area contributed by atoms with Crippen molar-refractivity contribution in [1.82, 2.24) is 14.8 Å². The van der Waals surface area contributed by atoms with Crippen LogP contribution in [0.4, 0.5) is 5.69 Å². The zero-order chi connectivity index (χ0) is 20.1. The van der Waals surface area contributed by atoms with Gasteiger partial charge in [-0.1, -0.05) is 41.1 Å². The number of rotatable bonds is 6. The van der Waals surface area contributed by atoms with Crippen molar-refractivity contribution in [3.63, 3.8) is 0 Å². The Hall–Kier alpha value is -2.84. The molecule has 0 saturated heterocycles. The molecule has 1 amide bonds. The molecule has 7 nitrogen and oxygen atoms in total. The lowest BCUT2D eigenvalue weighted by molar-refractivity contribution is -0.113. The number of nitrogens with one attached hydrogen (secondary N) is 1. The number of methoxy groups -OCH3 is 1. The lowest BCUT2D eigenvalue weighted by Gasteiger charge is -2.09. The van der Waals surface area contributed by atoms with E-state index in [-0.39, 0.29) is 11.7 Å². The molecule has 1 heterocycles. The number of aryl methyl sites for hydroxylation is 1. The number of nitrogens with zero attached hydrogens (tertiary/aromatic N) is 3. The summed E-state index contributed by atoms with van der Waals surface area (Å²) >= 11 is 7.35. The van der Waals surface area contributed by atoms with Gasteiger partial charge in [-0.05, 0) is 37.3 Å². The summed E-state index contributed by atoms with van der Waals surface area (Å²) in [5, 5.41) is 11.6. The molecule has 9 heteroatoms. The average Bonchev–Trinajstić information content (AvgIpc) is 3.16. The summed E-state index contributed by atoms with van der Waals surface area (Å²) in [4.78, 5) is 24.0. The van der Waals surface area contributed by atoms with Crippen molar-refractivity contribution in [3.05, 3.63) is 64.9 Å². The Morgan fingerprint density at radius 2 is 1.96 bits per heavy atom. The molecule has 0 unspecified atom stereocenters. The smallest absolute Gasteiger partial charge is 0.337 e. The Morgan fingerprint density at radius 3 is 2.68 bits per heavy atom. The largest absolute Gasteiger partial charge is 0.465 e. The van der Waals surface area contributed by atoms with Gasteiger partial charge in [-0.25, -0.2) is 4.79 Å². The van der Waals surface area contributed by atoms with E-state index in [1.54, 1.807) is 6.33 Å². The lowest BCUT2D eigenvalue weighted by atomic mass is 10.2. The van der Waals surface area contributed by atoms with Crippen LogP contribution in [0, 0.1) is 6.92 Å². The van der Waals surface area contributed by atoms with Crippen LogP contribution >= 0.6 is 23.4 Å². The molecule has 28 heavy (non-hydrogen) atoms. The van der Waals surface area contributed by atoms with Gasteiger partial charge >= 0.3 is 5.97 Å². The van der Waals surface area contributed by atoms with E-state index in [2.05, 4.69) is 20.3 Å². The predicted molar refractivity (Wildman–Crippen MR) is 108 cm³/mol. The maximum Gasteiger partial charge on any atom is 0.337 e. The minimum Gasteiger partial charge on any atom is -0.465 e. The summed E-state index contributed by atoms with van der Waals surface area (Å²) in [7, 11) is 1.29. The minimum absolute atomic E-state index is 0.101. The zero-order valence-electron chi connectivity index (χ0n) is 15.2. The fourth-order valence-electron chi connectivity index (χ4n) is 2.39. The predicted octanol–water partition coefficient (Wildman–Crippen LogP) is 3.75. The van der Waals surface area contributed by atoms with Crippen LogP contribution in [0.15, 0.2) is 53.9 Å². The van der Waals surface area contributed by atoms with Crippen LogP contribution in [0.25, 0.3) is 5.69 Å². The SMILES string of the molecule is COC(=O)c1ccc(Cl)c(NC(=O)CSc2nncn2-c2ccc(C)cc2)c1. The maximum absolute atomic E-state index is 12.3. The van der Waals surface area contributed by atoms with Gasteiger partial charge in [0.15, 0.2) is 5.16 Å². The number of anilines is 1. The third-order valence-corrected chi connectivity index (χ3v) is 5.10. The Morgan fingerprint density at radius 1 is 1.21 bits per heavy atom. The Bertz CT molecular complexity index is 1000. The first-order chi connectivity index (χ1) is 13.5. The van der Waals surface area contributed by atoms with E-state index in [9.17, 15) is 9.59 Å². The molecular formula is C19H17ClN4O3S. The standard InChI is InChI=1S/C19H17ClN4O3S/c1-12-3-6-14(7-4-12)24-11-21-23-19(24)28-10-17(25)22-16-9-13(18(26)27-2)5-8-15(16)20/h3-9,11H,10H2,1-2H3,(H,22,25). The normalized spacial score (nSPS) is 10.5. The summed E-state index contributed by atoms with van der Waals surface area (Å²) < 4.78 is 6.49. The number of carbonyl (C=O) groups is 2. The molecule has 0 atom stereocenters. The second-order valence-corrected chi connectivity index (χ2v) is 7.19. The number of hydrogen-bond acceptors (Lipinski definition) is 6. The van der Waals surface area contributed by atoms with Crippen molar-refractivity contribution in [1.29, 1.82) is 0 Å². The number of carbonyl (C=O) groups excluding carboxylic acids is 2. The quantitative estimate of drug-likeness (QED) is 0.486. The zero-order valence-corrected chi connectivity index (χ0v) is 16.8. The number of esters is 1. The van der Waals surface area contributed by atoms with Gasteiger partial charge in [0.1, 0.15) is 6.33 Å². The molecule has 2 aromatic carbocycles. The van der Waals surface area contributed by atoms with E-state index in [1.165, 1.54) is 37.1 Å². The summed E-state index contributed by atoms with van der Waals surface area (Å²) in [6, 6.07) is 12.4. The molecule has 0 radical (unpaired) electrons. The Balaban J connectivity index is 1.67. The van der Waals surface area contributed by atoms with Crippen LogP contribution in [0.5, 0.6) is 0 Å². The summed E-state index contributed by atoms with van der Waals surface area (Å²) in [5.74, 6) is -0.691. The van der Waals surface area contributed by atoms with Crippen molar-refractivity contribution in [3.8, 4) is 5.69 Å². The van der Waals surface area contributed by atoms with Gasteiger partial charge in [0.2, 0.25) is 5.91 Å². The monoisotopic (exact) mass is 416 g/mol. The van der Waals surface area contributed by atoms with Gasteiger partial charge in [-0.3, -0.25) is 9.36 Å². The average molecular weight is 417 g/mol. The fourth-order valence-corrected chi connectivity index (χ4v) is 3.28. The Labute approximate surface area is 171 Å². The van der Waals surface area contributed by atoms with E-state index in [0.29, 0.717) is 21.4 Å². The number of halogens is 1. The molecule has 0 bridgehead atoms. The molecule has 0 aliphatic heterocycles. The van der Waals surface area contributed by atoms with Crippen LogP contribution in [0.3, 0.4) is 0 Å². The summed E-state index contributed by atoms with van der Waals surface area (Å²) in [6.45, 7) is 2.01. The number of hydrogen-bond donors (Lipinski definition) is 1. The van der Waals surface area contributed by atoms with Crippen molar-refractivity contribution in [2.24, 2.45) is 0 Å². The van der Waals surface area contributed by atoms with E-state index in [1.807, 2.05) is 35.8 Å². The van der Waals surface area contributed by atoms with E-state index >= 15 is 0 Å². The van der Waals surface area contributed by atoms with E-state index < -0.39 is 5.97 Å². The van der Waals surface area contributed by atoms with Crippen molar-refractivity contribution in [2.75, 3.05) is 18.2 Å². The molecule has 0 aliphatic rings. The van der Waals surface area contributed by atoms with Gasteiger partial charge < -0.3 is 10.1 Å². The van der Waals surface area contributed by atoms with Crippen LogP contribution < -0.4 is 5.32 Å². The topological polar surface area (TPSA) is 86.1 Å². The fraction of sp³-hybridized carbons (Fsp3) is 0.158. The van der Waals surface area contributed by atoms with Crippen LogP contribution in [0.2, 0.25) is 5.02 Å². The van der Waals surface area contributed by atoms with E-state index in [0.717, 1.165) is 11.3 Å². The van der Waals surface area contributed by atoms with Gasteiger partial charge in [-0.15, -0.1) is 10.2 Å². The number of ether oxygens (including phenoxy) is 1. The molecule has 1 aromatic heterocycles. The number of aromatic nitrogens is 3. The molecule has 3 rings (SSSR count). The molecular weight excluding hydrogens is 400 g/mol. The highest BCUT2D eigenvalue weighted by atomic mass is 35.5. The first kappa shape index (κ1) is 19.9. The third kappa shape index (κ3) is 4.71. The summed E-state index contributed by atoms with van der Waals surface area (Å²) in [6.07, 6.45) is 1.60. The third-order valence-electron chi connectivity index (χ3n) is 3.82. The van der Waals surface area contributed by atoms with Crippen molar-refractivity contribution >= 4 is 40.9 Å². The molecule has 1 N–H and O–H groups in total. The second-order valence-electron chi connectivity index (χ2n) is 5.84. The first-order valence-electron chi connectivity index (χ1n) is 8.25. The van der Waals surface area contributed by atoms with Crippen molar-refractivity contribution < 1.29 is 14.3 Å². The molecule has 0 saturated carbocycles. The minimum atomic E-state index is -0.507. The highest BCUT2D eigenvalue weighted by Gasteiger charge is 2.13. The highest BCUT2D eigenvalue weighted by molar-refractivity contribution is 7.99. The van der Waals surface area contributed by atoms with Gasteiger partial charge in [-0.2, -0.15) is 0 Å². The number of thioether (sulfide) groups is 1. The van der Waals surface area contributed by atoms with Gasteiger partial charge in [0, 0.05) is 5.69 Å². The molecule has 0 aliphatic carbocycles. The molecule has 0 spiro atoms. The van der Waals surface area contributed by atoms with Crippen LogP contribution in [-0.4, -0.2) is 39.5 Å². The highest BCUT2D eigenvalue weighted by Crippen LogP contribution is 2.25. The molecule has 144 valence electrons. The second kappa shape index (κ2) is 8.90. The van der Waals surface area contributed by atoms with Crippen molar-refractivity contribution in [2.45, 2.75) is 12.1 Å². The van der Waals surface area contributed by atoms with Gasteiger partial charge in [0.05, 0.1) is 29.1 Å². The van der Waals surface area contributed by atoms with Crippen LogP contribution in [0.1, 0.15) is 15.9 Å². The Kier molecular flexibility index (Phi) is 6.33. The lowest BCUT2D eigenvalue weighted by Crippen LogP contribution is -2.15. The first-order valence-corrected chi connectivity index (χ1v) is 9.62. The summed E-state index contributed by atoms with van der Waals surface area (Å²) in [5.41, 5.74) is 2.70. The molecule has 3 aromatic rings. The van der Waals surface area contributed by atoms with Crippen LogP contribution in [-0.2, 0) is 9.53 Å². The van der Waals surface area contributed by atoms with E-state index in [4.69, 9.17) is 11.6 Å². The van der Waals surface area contributed by atoms with Gasteiger partial charge in [0.25, 0.3) is 0 Å².